The highest BCUT2D eigenvalue weighted by atomic mass is 16.5. The third-order valence-corrected chi connectivity index (χ3v) is 2.30. The lowest BCUT2D eigenvalue weighted by molar-refractivity contribution is 0.335. The Kier molecular flexibility index (Phi) is 3.18. The largest absolute Gasteiger partial charge is 0.493 e. The Morgan fingerprint density at radius 1 is 1.18 bits per heavy atom. The molecule has 0 aliphatic carbocycles. The Balaban J connectivity index is 2.40. The second-order valence-electron chi connectivity index (χ2n) is 3.33. The molecular formula is C12H13N2O3. The Morgan fingerprint density at radius 2 is 1.82 bits per heavy atom. The van der Waals surface area contributed by atoms with Crippen LogP contribution < -0.4 is 14.2 Å². The molecule has 0 atom stereocenters. The van der Waals surface area contributed by atoms with Gasteiger partial charge in [-0.2, -0.15) is 5.10 Å². The number of methoxy groups -OCH3 is 2. The zero-order valence-corrected chi connectivity index (χ0v) is 9.93. The molecule has 5 nitrogen and oxygen atoms in total. The third kappa shape index (κ3) is 2.18. The van der Waals surface area contributed by atoms with Crippen molar-refractivity contribution < 1.29 is 14.2 Å². The van der Waals surface area contributed by atoms with E-state index in [-0.39, 0.29) is 0 Å². The first-order chi connectivity index (χ1) is 8.26. The van der Waals surface area contributed by atoms with E-state index in [1.165, 1.54) is 0 Å². The van der Waals surface area contributed by atoms with Crippen molar-refractivity contribution >= 4 is 0 Å². The van der Waals surface area contributed by atoms with Crippen LogP contribution in [0.4, 0.5) is 0 Å². The molecule has 0 bridgehead atoms. The van der Waals surface area contributed by atoms with Gasteiger partial charge < -0.3 is 14.2 Å². The van der Waals surface area contributed by atoms with Gasteiger partial charge in [-0.15, -0.1) is 0 Å². The number of nitrogens with zero attached hydrogens (tertiary/aromatic N) is 2. The van der Waals surface area contributed by atoms with E-state index in [4.69, 9.17) is 14.2 Å². The van der Waals surface area contributed by atoms with Gasteiger partial charge in [0, 0.05) is 13.1 Å². The van der Waals surface area contributed by atoms with Gasteiger partial charge in [0.25, 0.3) is 0 Å². The zero-order valence-electron chi connectivity index (χ0n) is 9.93. The van der Waals surface area contributed by atoms with Gasteiger partial charge >= 0.3 is 0 Å². The molecule has 89 valence electrons. The molecule has 1 aromatic heterocycles. The van der Waals surface area contributed by atoms with Crippen LogP contribution in [0.1, 0.15) is 0 Å². The lowest BCUT2D eigenvalue weighted by atomic mass is 10.3. The Labute approximate surface area is 99.5 Å². The number of hydrogen-bond acceptors (Lipinski definition) is 4. The molecule has 0 spiro atoms. The summed E-state index contributed by atoms with van der Waals surface area (Å²) in [5.41, 5.74) is 0. The molecule has 2 rings (SSSR count). The smallest absolute Gasteiger partial charge is 0.218 e. The average molecular weight is 233 g/mol. The van der Waals surface area contributed by atoms with E-state index >= 15 is 0 Å². The molecule has 0 saturated carbocycles. The van der Waals surface area contributed by atoms with Crippen molar-refractivity contribution in [2.24, 2.45) is 7.05 Å². The molecule has 0 N–H and O–H groups in total. The van der Waals surface area contributed by atoms with E-state index in [0.29, 0.717) is 23.1 Å². The van der Waals surface area contributed by atoms with Crippen LogP contribution in [0.25, 0.3) is 0 Å². The maximum Gasteiger partial charge on any atom is 0.218 e. The van der Waals surface area contributed by atoms with E-state index in [1.807, 2.05) is 6.07 Å². The van der Waals surface area contributed by atoms with Crippen molar-refractivity contribution in [1.29, 1.82) is 0 Å². The minimum atomic E-state index is 0.523. The number of hydrogen-bond donors (Lipinski definition) is 0. The molecule has 0 saturated heterocycles. The van der Waals surface area contributed by atoms with E-state index in [2.05, 4.69) is 11.3 Å². The summed E-state index contributed by atoms with van der Waals surface area (Å²) in [4.78, 5) is 0. The molecule has 1 aromatic carbocycles. The predicted octanol–water partition coefficient (Wildman–Crippen LogP) is 2.03. The maximum absolute atomic E-state index is 5.71. The number of aromatic nitrogens is 2. The molecule has 1 radical (unpaired) electrons. The Hall–Kier alpha value is -2.17. The lowest BCUT2D eigenvalue weighted by Crippen LogP contribution is -1.98. The summed E-state index contributed by atoms with van der Waals surface area (Å²) in [6.07, 6.45) is 2.70. The van der Waals surface area contributed by atoms with Crippen molar-refractivity contribution in [3.8, 4) is 23.1 Å². The first-order valence-electron chi connectivity index (χ1n) is 5.05. The minimum Gasteiger partial charge on any atom is -0.493 e. The van der Waals surface area contributed by atoms with E-state index < -0.39 is 0 Å². The fourth-order valence-corrected chi connectivity index (χ4v) is 1.43. The number of benzene rings is 1. The summed E-state index contributed by atoms with van der Waals surface area (Å²) in [5, 5.41) is 3.91. The highest BCUT2D eigenvalue weighted by molar-refractivity contribution is 5.52. The topological polar surface area (TPSA) is 45.5 Å². The van der Waals surface area contributed by atoms with Crippen molar-refractivity contribution in [1.82, 2.24) is 9.78 Å². The number of rotatable bonds is 4. The van der Waals surface area contributed by atoms with Gasteiger partial charge in [-0.05, 0) is 12.1 Å². The summed E-state index contributed by atoms with van der Waals surface area (Å²) in [5.74, 6) is 2.29. The van der Waals surface area contributed by atoms with Crippen LogP contribution in [-0.2, 0) is 7.05 Å². The molecule has 0 unspecified atom stereocenters. The first kappa shape index (κ1) is 11.3. The number of aryl methyl sites for hydroxylation is 1. The van der Waals surface area contributed by atoms with Crippen LogP contribution in [0.15, 0.2) is 24.3 Å². The summed E-state index contributed by atoms with van der Waals surface area (Å²) >= 11 is 0. The second-order valence-corrected chi connectivity index (χ2v) is 3.33. The van der Waals surface area contributed by atoms with E-state index in [0.717, 1.165) is 0 Å². The van der Waals surface area contributed by atoms with Gasteiger partial charge in [-0.25, -0.2) is 4.68 Å². The Morgan fingerprint density at radius 3 is 2.29 bits per heavy atom. The number of ether oxygens (including phenoxy) is 3. The maximum atomic E-state index is 5.71. The zero-order chi connectivity index (χ0) is 12.3. The normalized spacial score (nSPS) is 10.1. The molecule has 0 amide bonds. The first-order valence-corrected chi connectivity index (χ1v) is 5.05. The summed E-state index contributed by atoms with van der Waals surface area (Å²) in [6, 6.07) is 7.08. The molecule has 0 aliphatic heterocycles. The van der Waals surface area contributed by atoms with Crippen LogP contribution >= 0.6 is 0 Å². The number of para-hydroxylation sites is 1. The van der Waals surface area contributed by atoms with Crippen LogP contribution in [0.3, 0.4) is 0 Å². The minimum absolute atomic E-state index is 0.523. The highest BCUT2D eigenvalue weighted by Gasteiger charge is 2.13. The van der Waals surface area contributed by atoms with Gasteiger partial charge in [0.1, 0.15) is 6.20 Å². The van der Waals surface area contributed by atoms with Gasteiger partial charge in [-0.1, -0.05) is 6.07 Å². The van der Waals surface area contributed by atoms with Crippen LogP contribution in [0.2, 0.25) is 0 Å². The molecule has 0 aliphatic rings. The summed E-state index contributed by atoms with van der Waals surface area (Å²) in [6.45, 7) is 0. The molecule has 1 heterocycles. The van der Waals surface area contributed by atoms with Crippen molar-refractivity contribution in [2.75, 3.05) is 14.2 Å². The highest BCUT2D eigenvalue weighted by Crippen LogP contribution is 2.39. The quantitative estimate of drug-likeness (QED) is 0.810. The van der Waals surface area contributed by atoms with Gasteiger partial charge in [0.15, 0.2) is 11.5 Å². The monoisotopic (exact) mass is 233 g/mol. The van der Waals surface area contributed by atoms with Crippen molar-refractivity contribution in [2.45, 2.75) is 0 Å². The average Bonchev–Trinajstić information content (AvgIpc) is 2.75. The standard InChI is InChI=1S/C12H13N2O3/c1-14-11(7-8-13-14)17-12-9(15-2)5-4-6-10(12)16-3/h4-7H,1-3H3. The fraction of sp³-hybridized carbons (Fsp3) is 0.250. The summed E-state index contributed by atoms with van der Waals surface area (Å²) < 4.78 is 17.8. The SMILES string of the molecule is COc1cccc(OC)c1Oc1c[c]nn1C. The van der Waals surface area contributed by atoms with Gasteiger partial charge in [0.05, 0.1) is 14.2 Å². The Bertz CT molecular complexity index is 486. The predicted molar refractivity (Wildman–Crippen MR) is 61.7 cm³/mol. The molecule has 17 heavy (non-hydrogen) atoms. The molecular weight excluding hydrogens is 220 g/mol. The van der Waals surface area contributed by atoms with E-state index in [9.17, 15) is 0 Å². The van der Waals surface area contributed by atoms with Crippen LogP contribution in [-0.4, -0.2) is 24.0 Å². The van der Waals surface area contributed by atoms with Crippen molar-refractivity contribution in [3.05, 3.63) is 30.5 Å². The van der Waals surface area contributed by atoms with Crippen molar-refractivity contribution in [3.63, 3.8) is 0 Å². The molecule has 0 fully saturated rings. The van der Waals surface area contributed by atoms with Crippen LogP contribution in [0, 0.1) is 6.20 Å². The summed E-state index contributed by atoms with van der Waals surface area (Å²) in [7, 11) is 4.93. The van der Waals surface area contributed by atoms with Gasteiger partial charge in [-0.3, -0.25) is 0 Å². The fourth-order valence-electron chi connectivity index (χ4n) is 1.43. The second kappa shape index (κ2) is 4.78. The van der Waals surface area contributed by atoms with Gasteiger partial charge in [0.2, 0.25) is 11.6 Å². The van der Waals surface area contributed by atoms with Crippen LogP contribution in [0.5, 0.6) is 23.1 Å². The van der Waals surface area contributed by atoms with E-state index in [1.54, 1.807) is 44.1 Å². The molecule has 2 aromatic rings. The third-order valence-electron chi connectivity index (χ3n) is 2.30. The lowest BCUT2D eigenvalue weighted by Gasteiger charge is -2.13. The molecule has 5 heteroatoms.